The third kappa shape index (κ3) is 6.22. The van der Waals surface area contributed by atoms with Gasteiger partial charge in [0.2, 0.25) is 0 Å². The fourth-order valence-corrected chi connectivity index (χ4v) is 3.35. The second-order valence-electron chi connectivity index (χ2n) is 6.47. The van der Waals surface area contributed by atoms with Gasteiger partial charge in [0, 0.05) is 0 Å². The van der Waals surface area contributed by atoms with E-state index in [1.807, 2.05) is 0 Å². The molecule has 0 unspecified atom stereocenters. The molecule has 0 bridgehead atoms. The van der Waals surface area contributed by atoms with Gasteiger partial charge in [-0.25, -0.2) is 0 Å². The van der Waals surface area contributed by atoms with Crippen molar-refractivity contribution >= 4 is 0 Å². The van der Waals surface area contributed by atoms with Crippen molar-refractivity contribution in [3.63, 3.8) is 0 Å². The molecule has 0 aromatic rings. The maximum atomic E-state index is 10.6. The lowest BCUT2D eigenvalue weighted by atomic mass is 9.79. The average molecular weight is 254 g/mol. The zero-order valence-corrected chi connectivity index (χ0v) is 12.7. The van der Waals surface area contributed by atoms with Gasteiger partial charge in [-0.2, -0.15) is 0 Å². The summed E-state index contributed by atoms with van der Waals surface area (Å²) in [5.41, 5.74) is -0.297. The fraction of sp³-hybridized carbons (Fsp3) is 1.00. The first kappa shape index (κ1) is 16.0. The van der Waals surface area contributed by atoms with Crippen molar-refractivity contribution in [2.45, 2.75) is 103 Å². The zero-order chi connectivity index (χ0) is 13.3. The van der Waals surface area contributed by atoms with Gasteiger partial charge < -0.3 is 5.11 Å². The Labute approximate surface area is 114 Å². The Morgan fingerprint density at radius 2 is 1.44 bits per heavy atom. The minimum absolute atomic E-state index is 0.297. The van der Waals surface area contributed by atoms with Crippen LogP contribution in [0.2, 0.25) is 0 Å². The van der Waals surface area contributed by atoms with E-state index < -0.39 is 0 Å². The van der Waals surface area contributed by atoms with E-state index in [9.17, 15) is 5.11 Å². The highest BCUT2D eigenvalue weighted by molar-refractivity contribution is 4.83. The molecule has 1 N–H and O–H groups in total. The van der Waals surface area contributed by atoms with Gasteiger partial charge in [-0.3, -0.25) is 0 Å². The van der Waals surface area contributed by atoms with Gasteiger partial charge in [0.05, 0.1) is 5.60 Å². The maximum Gasteiger partial charge on any atom is 0.0648 e. The van der Waals surface area contributed by atoms with E-state index in [1.54, 1.807) is 0 Å². The van der Waals surface area contributed by atoms with Crippen LogP contribution in [-0.4, -0.2) is 10.7 Å². The molecule has 1 rings (SSSR count). The summed E-state index contributed by atoms with van der Waals surface area (Å²) in [6.07, 6.45) is 16.4. The lowest BCUT2D eigenvalue weighted by Gasteiger charge is -2.33. The van der Waals surface area contributed by atoms with Crippen LogP contribution in [0.4, 0.5) is 0 Å². The van der Waals surface area contributed by atoms with Crippen LogP contribution in [0.3, 0.4) is 0 Å². The molecule has 0 radical (unpaired) electrons. The van der Waals surface area contributed by atoms with Gasteiger partial charge in [-0.1, -0.05) is 71.6 Å². The van der Waals surface area contributed by atoms with Gasteiger partial charge in [-0.05, 0) is 31.6 Å². The summed E-state index contributed by atoms with van der Waals surface area (Å²) in [5, 5.41) is 10.6. The van der Waals surface area contributed by atoms with Crippen molar-refractivity contribution < 1.29 is 5.11 Å². The molecule has 0 aliphatic heterocycles. The monoisotopic (exact) mass is 254 g/mol. The quantitative estimate of drug-likeness (QED) is 0.579. The van der Waals surface area contributed by atoms with Crippen LogP contribution in [0.5, 0.6) is 0 Å². The van der Waals surface area contributed by atoms with E-state index >= 15 is 0 Å². The standard InChI is InChI=1S/C17H34O/c1-3-5-10-16(11-6-4-2)12-15-17(18)13-8-7-9-14-17/h16,18H,3-15H2,1-2H3. The third-order valence-corrected chi connectivity index (χ3v) is 4.73. The molecule has 0 heterocycles. The summed E-state index contributed by atoms with van der Waals surface area (Å²) in [4.78, 5) is 0. The highest BCUT2D eigenvalue weighted by atomic mass is 16.3. The van der Waals surface area contributed by atoms with E-state index in [1.165, 1.54) is 64.2 Å². The van der Waals surface area contributed by atoms with Crippen molar-refractivity contribution in [3.05, 3.63) is 0 Å². The van der Waals surface area contributed by atoms with Gasteiger partial charge in [0.15, 0.2) is 0 Å². The molecule has 18 heavy (non-hydrogen) atoms. The normalized spacial score (nSPS) is 19.3. The van der Waals surface area contributed by atoms with Crippen LogP contribution in [0.1, 0.15) is 97.3 Å². The second kappa shape index (κ2) is 8.96. The third-order valence-electron chi connectivity index (χ3n) is 4.73. The average Bonchev–Trinajstić information content (AvgIpc) is 2.39. The lowest BCUT2D eigenvalue weighted by Crippen LogP contribution is -2.31. The Morgan fingerprint density at radius 3 is 1.94 bits per heavy atom. The van der Waals surface area contributed by atoms with Crippen molar-refractivity contribution in [1.29, 1.82) is 0 Å². The first-order valence-corrected chi connectivity index (χ1v) is 8.42. The fourth-order valence-electron chi connectivity index (χ4n) is 3.35. The van der Waals surface area contributed by atoms with Gasteiger partial charge in [0.25, 0.3) is 0 Å². The van der Waals surface area contributed by atoms with Gasteiger partial charge in [-0.15, -0.1) is 0 Å². The Bertz CT molecular complexity index is 186. The summed E-state index contributed by atoms with van der Waals surface area (Å²) in [6, 6.07) is 0. The highest BCUT2D eigenvalue weighted by Gasteiger charge is 2.29. The summed E-state index contributed by atoms with van der Waals surface area (Å²) < 4.78 is 0. The summed E-state index contributed by atoms with van der Waals surface area (Å²) in [5.74, 6) is 0.871. The summed E-state index contributed by atoms with van der Waals surface area (Å²) >= 11 is 0. The van der Waals surface area contributed by atoms with Crippen LogP contribution in [0.25, 0.3) is 0 Å². The molecule has 0 spiro atoms. The molecule has 1 fully saturated rings. The largest absolute Gasteiger partial charge is 0.390 e. The number of unbranched alkanes of at least 4 members (excludes halogenated alkanes) is 2. The van der Waals surface area contributed by atoms with Crippen molar-refractivity contribution in [1.82, 2.24) is 0 Å². The smallest absolute Gasteiger partial charge is 0.0648 e. The molecule has 1 aliphatic rings. The molecule has 0 aromatic carbocycles. The Balaban J connectivity index is 2.29. The van der Waals surface area contributed by atoms with Crippen LogP contribution in [-0.2, 0) is 0 Å². The molecule has 0 atom stereocenters. The maximum absolute atomic E-state index is 10.6. The molecule has 1 saturated carbocycles. The molecular weight excluding hydrogens is 220 g/mol. The Kier molecular flexibility index (Phi) is 7.97. The van der Waals surface area contributed by atoms with Crippen molar-refractivity contribution in [3.8, 4) is 0 Å². The van der Waals surface area contributed by atoms with E-state index in [0.29, 0.717) is 0 Å². The van der Waals surface area contributed by atoms with Crippen molar-refractivity contribution in [2.24, 2.45) is 5.92 Å². The predicted octanol–water partition coefficient (Wildman–Crippen LogP) is 5.46. The first-order valence-electron chi connectivity index (χ1n) is 8.42. The molecule has 1 nitrogen and oxygen atoms in total. The summed E-state index contributed by atoms with van der Waals surface area (Å²) in [7, 11) is 0. The molecule has 0 saturated heterocycles. The second-order valence-corrected chi connectivity index (χ2v) is 6.47. The van der Waals surface area contributed by atoms with Crippen LogP contribution in [0, 0.1) is 5.92 Å². The van der Waals surface area contributed by atoms with Crippen LogP contribution in [0.15, 0.2) is 0 Å². The molecule has 1 heteroatoms. The minimum Gasteiger partial charge on any atom is -0.390 e. The topological polar surface area (TPSA) is 20.2 Å². The van der Waals surface area contributed by atoms with E-state index in [2.05, 4.69) is 13.8 Å². The molecular formula is C17H34O. The molecule has 0 amide bonds. The Hall–Kier alpha value is -0.0400. The Morgan fingerprint density at radius 1 is 0.889 bits per heavy atom. The molecule has 1 aliphatic carbocycles. The van der Waals surface area contributed by atoms with Crippen LogP contribution >= 0.6 is 0 Å². The van der Waals surface area contributed by atoms with Crippen molar-refractivity contribution in [2.75, 3.05) is 0 Å². The summed E-state index contributed by atoms with van der Waals surface area (Å²) in [6.45, 7) is 4.57. The van der Waals surface area contributed by atoms with E-state index in [0.717, 1.165) is 25.2 Å². The SMILES string of the molecule is CCCCC(CCCC)CCC1(O)CCCCC1. The first-order chi connectivity index (χ1) is 8.70. The van der Waals surface area contributed by atoms with Gasteiger partial charge >= 0.3 is 0 Å². The molecule has 0 aromatic heterocycles. The zero-order valence-electron chi connectivity index (χ0n) is 12.7. The van der Waals surface area contributed by atoms with Gasteiger partial charge in [0.1, 0.15) is 0 Å². The number of hydrogen-bond acceptors (Lipinski definition) is 1. The van der Waals surface area contributed by atoms with Crippen LogP contribution < -0.4 is 0 Å². The number of hydrogen-bond donors (Lipinski definition) is 1. The van der Waals surface area contributed by atoms with E-state index in [-0.39, 0.29) is 5.60 Å². The number of aliphatic hydroxyl groups is 1. The van der Waals surface area contributed by atoms with E-state index in [4.69, 9.17) is 0 Å². The molecule has 108 valence electrons. The lowest BCUT2D eigenvalue weighted by molar-refractivity contribution is -0.00958. The predicted molar refractivity (Wildman–Crippen MR) is 79.8 cm³/mol. The highest BCUT2D eigenvalue weighted by Crippen LogP contribution is 2.34. The minimum atomic E-state index is -0.297. The number of rotatable bonds is 9.